The number of halogens is 3. The highest BCUT2D eigenvalue weighted by atomic mass is 35.5. The normalized spacial score (nSPS) is 10.6. The molecule has 31 heavy (non-hydrogen) atoms. The number of carbonyl (C=O) groups excluding carboxylic acids is 3. The maximum atomic E-state index is 12.1. The zero-order chi connectivity index (χ0) is 22.4. The molecule has 160 valence electrons. The van der Waals surface area contributed by atoms with Gasteiger partial charge in [-0.3, -0.25) is 14.9 Å². The van der Waals surface area contributed by atoms with Crippen LogP contribution in [0.4, 0.5) is 8.78 Å². The van der Waals surface area contributed by atoms with Crippen LogP contribution in [-0.4, -0.2) is 36.0 Å². The first-order valence-corrected chi connectivity index (χ1v) is 9.85. The molecule has 0 aliphatic carbocycles. The maximum absolute atomic E-state index is 12.1. The number of carbonyl (C=O) groups is 3. The lowest BCUT2D eigenvalue weighted by Crippen LogP contribution is -2.34. The highest BCUT2D eigenvalue weighted by Crippen LogP contribution is 2.25. The molecule has 3 rings (SSSR count). The van der Waals surface area contributed by atoms with Gasteiger partial charge in [0.15, 0.2) is 12.3 Å². The van der Waals surface area contributed by atoms with E-state index in [1.54, 1.807) is 24.3 Å². The minimum atomic E-state index is -2.99. The monoisotopic (exact) mass is 466 g/mol. The van der Waals surface area contributed by atoms with Crippen molar-refractivity contribution in [2.45, 2.75) is 6.61 Å². The lowest BCUT2D eigenvalue weighted by Gasteiger charge is -2.07. The van der Waals surface area contributed by atoms with Crippen LogP contribution in [0.5, 0.6) is 5.75 Å². The SMILES string of the molecule is O=C(COC(=O)c1csc(-c2ccc(Cl)cc2)n1)NC(=O)c1ccc(OC(F)F)cc1. The highest BCUT2D eigenvalue weighted by Gasteiger charge is 2.17. The number of rotatable bonds is 7. The number of aromatic nitrogens is 1. The van der Waals surface area contributed by atoms with Gasteiger partial charge >= 0.3 is 12.6 Å². The van der Waals surface area contributed by atoms with Crippen molar-refractivity contribution in [3.8, 4) is 16.3 Å². The molecule has 0 saturated carbocycles. The van der Waals surface area contributed by atoms with Crippen LogP contribution in [0, 0.1) is 0 Å². The number of ether oxygens (including phenoxy) is 2. The van der Waals surface area contributed by atoms with E-state index in [-0.39, 0.29) is 17.0 Å². The van der Waals surface area contributed by atoms with E-state index in [0.29, 0.717) is 10.0 Å². The smallest absolute Gasteiger partial charge is 0.387 e. The largest absolute Gasteiger partial charge is 0.451 e. The number of hydrogen-bond donors (Lipinski definition) is 1. The van der Waals surface area contributed by atoms with Gasteiger partial charge in [-0.2, -0.15) is 8.78 Å². The van der Waals surface area contributed by atoms with Crippen LogP contribution in [0.3, 0.4) is 0 Å². The molecule has 1 aromatic heterocycles. The number of nitrogens with zero attached hydrogens (tertiary/aromatic N) is 1. The Bertz CT molecular complexity index is 1090. The molecule has 0 radical (unpaired) electrons. The third-order valence-corrected chi connectivity index (χ3v) is 4.88. The van der Waals surface area contributed by atoms with Gasteiger partial charge < -0.3 is 9.47 Å². The average molecular weight is 467 g/mol. The average Bonchev–Trinajstić information content (AvgIpc) is 3.23. The van der Waals surface area contributed by atoms with Crippen LogP contribution in [-0.2, 0) is 9.53 Å². The molecule has 0 fully saturated rings. The summed E-state index contributed by atoms with van der Waals surface area (Å²) in [5.74, 6) is -2.61. The van der Waals surface area contributed by atoms with Crippen molar-refractivity contribution in [1.29, 1.82) is 0 Å². The van der Waals surface area contributed by atoms with E-state index in [0.717, 1.165) is 17.7 Å². The van der Waals surface area contributed by atoms with Crippen molar-refractivity contribution in [1.82, 2.24) is 10.3 Å². The molecule has 0 saturated heterocycles. The Morgan fingerprint density at radius 2 is 1.74 bits per heavy atom. The van der Waals surface area contributed by atoms with Crippen molar-refractivity contribution < 1.29 is 32.6 Å². The van der Waals surface area contributed by atoms with Crippen LogP contribution in [0.1, 0.15) is 20.8 Å². The van der Waals surface area contributed by atoms with Gasteiger partial charge in [0.2, 0.25) is 0 Å². The van der Waals surface area contributed by atoms with E-state index in [9.17, 15) is 23.2 Å². The first-order chi connectivity index (χ1) is 14.8. The van der Waals surface area contributed by atoms with Gasteiger partial charge in [0.1, 0.15) is 10.8 Å². The number of benzene rings is 2. The molecule has 2 amide bonds. The van der Waals surface area contributed by atoms with E-state index < -0.39 is 31.0 Å². The summed E-state index contributed by atoms with van der Waals surface area (Å²) in [4.78, 5) is 40.1. The van der Waals surface area contributed by atoms with Crippen molar-refractivity contribution in [2.24, 2.45) is 0 Å². The van der Waals surface area contributed by atoms with E-state index in [2.05, 4.69) is 9.72 Å². The molecular formula is C20H13ClF2N2O5S. The quantitative estimate of drug-likeness (QED) is 0.525. The molecular weight excluding hydrogens is 454 g/mol. The van der Waals surface area contributed by atoms with Crippen LogP contribution >= 0.6 is 22.9 Å². The van der Waals surface area contributed by atoms with Gasteiger partial charge in [0.25, 0.3) is 11.8 Å². The van der Waals surface area contributed by atoms with Crippen molar-refractivity contribution >= 4 is 40.7 Å². The Morgan fingerprint density at radius 3 is 2.39 bits per heavy atom. The van der Waals surface area contributed by atoms with Crippen LogP contribution < -0.4 is 10.1 Å². The van der Waals surface area contributed by atoms with Gasteiger partial charge in [-0.25, -0.2) is 9.78 Å². The van der Waals surface area contributed by atoms with E-state index in [1.165, 1.54) is 28.8 Å². The molecule has 0 unspecified atom stereocenters. The fraction of sp³-hybridized carbons (Fsp3) is 0.100. The van der Waals surface area contributed by atoms with Gasteiger partial charge in [-0.15, -0.1) is 11.3 Å². The third-order valence-electron chi connectivity index (χ3n) is 3.73. The summed E-state index contributed by atoms with van der Waals surface area (Å²) in [6.45, 7) is -3.69. The van der Waals surface area contributed by atoms with E-state index >= 15 is 0 Å². The second kappa shape index (κ2) is 10.1. The molecule has 2 aromatic carbocycles. The van der Waals surface area contributed by atoms with Gasteiger partial charge in [0.05, 0.1) is 0 Å². The molecule has 1 N–H and O–H groups in total. The van der Waals surface area contributed by atoms with Gasteiger partial charge in [0, 0.05) is 21.5 Å². The summed E-state index contributed by atoms with van der Waals surface area (Å²) in [7, 11) is 0. The first kappa shape index (κ1) is 22.3. The van der Waals surface area contributed by atoms with Crippen LogP contribution in [0.2, 0.25) is 5.02 Å². The third kappa shape index (κ3) is 6.30. The summed E-state index contributed by atoms with van der Waals surface area (Å²) in [5.41, 5.74) is 0.818. The van der Waals surface area contributed by atoms with Crippen molar-refractivity contribution in [2.75, 3.05) is 6.61 Å². The van der Waals surface area contributed by atoms with Crippen molar-refractivity contribution in [3.05, 3.63) is 70.2 Å². The Balaban J connectivity index is 1.50. The van der Waals surface area contributed by atoms with Gasteiger partial charge in [-0.05, 0) is 36.4 Å². The minimum absolute atomic E-state index is 0.0173. The Hall–Kier alpha value is -3.37. The number of imide groups is 1. The molecule has 7 nitrogen and oxygen atoms in total. The lowest BCUT2D eigenvalue weighted by atomic mass is 10.2. The second-order valence-corrected chi connectivity index (χ2v) is 7.20. The fourth-order valence-electron chi connectivity index (χ4n) is 2.32. The molecule has 11 heteroatoms. The predicted octanol–water partition coefficient (Wildman–Crippen LogP) is 4.18. The molecule has 0 aliphatic heterocycles. The van der Waals surface area contributed by atoms with Gasteiger partial charge in [-0.1, -0.05) is 23.7 Å². The van der Waals surface area contributed by atoms with Crippen LogP contribution in [0.25, 0.3) is 10.6 Å². The Labute approximate surface area is 183 Å². The zero-order valence-corrected chi connectivity index (χ0v) is 17.1. The Kier molecular flexibility index (Phi) is 7.27. The zero-order valence-electron chi connectivity index (χ0n) is 15.5. The lowest BCUT2D eigenvalue weighted by molar-refractivity contribution is -0.123. The summed E-state index contributed by atoms with van der Waals surface area (Å²) >= 11 is 7.06. The summed E-state index contributed by atoms with van der Waals surface area (Å²) in [5, 5.41) is 4.65. The number of nitrogens with one attached hydrogen (secondary N) is 1. The highest BCUT2D eigenvalue weighted by molar-refractivity contribution is 7.13. The summed E-state index contributed by atoms with van der Waals surface area (Å²) in [6.07, 6.45) is 0. The summed E-state index contributed by atoms with van der Waals surface area (Å²) < 4.78 is 33.3. The topological polar surface area (TPSA) is 94.6 Å². The fourth-order valence-corrected chi connectivity index (χ4v) is 3.24. The molecule has 3 aromatic rings. The first-order valence-electron chi connectivity index (χ1n) is 8.59. The Morgan fingerprint density at radius 1 is 1.06 bits per heavy atom. The van der Waals surface area contributed by atoms with E-state index in [1.807, 2.05) is 5.32 Å². The predicted molar refractivity (Wildman–Crippen MR) is 108 cm³/mol. The van der Waals surface area contributed by atoms with E-state index in [4.69, 9.17) is 16.3 Å². The maximum Gasteiger partial charge on any atom is 0.387 e. The number of hydrogen-bond acceptors (Lipinski definition) is 7. The minimum Gasteiger partial charge on any atom is -0.451 e. The molecule has 0 aliphatic rings. The molecule has 0 bridgehead atoms. The number of amides is 2. The van der Waals surface area contributed by atoms with Crippen molar-refractivity contribution in [3.63, 3.8) is 0 Å². The molecule has 0 atom stereocenters. The molecule has 1 heterocycles. The number of alkyl halides is 2. The molecule has 0 spiro atoms. The second-order valence-electron chi connectivity index (χ2n) is 5.90. The number of esters is 1. The number of thiazole rings is 1. The van der Waals surface area contributed by atoms with Crippen LogP contribution in [0.15, 0.2) is 53.9 Å². The standard InChI is InChI=1S/C20H13ClF2N2O5S/c21-13-5-1-12(2-6-13)18-24-15(10-31-18)19(28)29-9-16(26)25-17(27)11-3-7-14(8-4-11)30-20(22)23/h1-8,10,20H,9H2,(H,25,26,27). The summed E-state index contributed by atoms with van der Waals surface area (Å²) in [6, 6.07) is 11.6.